The number of nitrogens with zero attached hydrogens (tertiary/aromatic N) is 7. The first-order valence-corrected chi connectivity index (χ1v) is 32.7. The van der Waals surface area contributed by atoms with Crippen LogP contribution in [0.2, 0.25) is 5.02 Å². The van der Waals surface area contributed by atoms with Crippen LogP contribution < -0.4 is 25.0 Å². The molecule has 0 spiro atoms. The normalized spacial score (nSPS) is 21.5. The number of H-pyrrole nitrogens is 1. The Morgan fingerprint density at radius 1 is 0.874 bits per heavy atom. The number of carbonyl (C=O) groups is 4. The van der Waals surface area contributed by atoms with Crippen molar-refractivity contribution in [2.75, 3.05) is 75.7 Å². The van der Waals surface area contributed by atoms with Crippen molar-refractivity contribution in [1.29, 1.82) is 0 Å². The summed E-state index contributed by atoms with van der Waals surface area (Å²) in [6.45, 7) is 13.6. The third-order valence-electron chi connectivity index (χ3n) is 18.4. The number of aromatic nitrogens is 2. The van der Waals surface area contributed by atoms with Crippen molar-refractivity contribution in [1.82, 2.24) is 39.6 Å². The Balaban J connectivity index is 0.649. The number of hydrogen-bond acceptors (Lipinski definition) is 15. The zero-order chi connectivity index (χ0) is 60.7. The second kappa shape index (κ2) is 25.1. The highest BCUT2D eigenvalue weighted by Gasteiger charge is 2.41. The van der Waals surface area contributed by atoms with Gasteiger partial charge in [0.25, 0.3) is 27.5 Å². The standard InChI is InChI=1S/C64H71BrClN11O9S/c1-64(2)19-17-44(52(34-64)42-5-7-45(66)8-6-42)38-73-23-27-75(28-24-73)47-11-13-50(58(32-47)86-48-31-43-18-20-67-60(43)69-36-48)61(79)71-87(84,85)49-12-14-55(57(33-49)77(82)83)68-35-40-3-9-46(10-4-40)74-25-21-72(22-26-74)37-41-29-51-53(54(65)30-41)39-76(63(51)81)56-15-16-59(78)70-62(56)80/h5-8,11-14,18,20,29-33,36,40,46,56,68H,3-4,9-10,15-17,19,21-28,34-35,37-39H2,1-2H3,(H,67,69)(H,71,79)(H,70,78,80). The molecule has 6 heterocycles. The van der Waals surface area contributed by atoms with Gasteiger partial charge >= 0.3 is 0 Å². The molecule has 2 aromatic heterocycles. The second-order valence-electron chi connectivity index (χ2n) is 24.8. The first-order valence-electron chi connectivity index (χ1n) is 30.0. The summed E-state index contributed by atoms with van der Waals surface area (Å²) in [6, 6.07) is 24.2. The average Bonchev–Trinajstić information content (AvgIpc) is 1.97. The molecule has 456 valence electrons. The number of rotatable bonds is 17. The summed E-state index contributed by atoms with van der Waals surface area (Å²) in [6.07, 6.45) is 10.8. The fourth-order valence-corrected chi connectivity index (χ4v) is 15.2. The number of hydrogen-bond donors (Lipinski definition) is 4. The van der Waals surface area contributed by atoms with E-state index in [9.17, 15) is 37.7 Å². The largest absolute Gasteiger partial charge is 0.455 e. The molecular formula is C64H71BrClN11O9S. The molecule has 23 heteroatoms. The quantitative estimate of drug-likeness (QED) is 0.0378. The number of piperidine rings is 1. The third-order valence-corrected chi connectivity index (χ3v) is 20.7. The van der Waals surface area contributed by atoms with E-state index in [0.717, 1.165) is 129 Å². The molecule has 4 aromatic carbocycles. The van der Waals surface area contributed by atoms with Gasteiger partial charge < -0.3 is 24.8 Å². The Morgan fingerprint density at radius 3 is 2.37 bits per heavy atom. The number of amides is 4. The summed E-state index contributed by atoms with van der Waals surface area (Å²) in [5.41, 5.74) is 7.91. The van der Waals surface area contributed by atoms with Gasteiger partial charge in [0.2, 0.25) is 11.8 Å². The summed E-state index contributed by atoms with van der Waals surface area (Å²) in [5.74, 6) is -1.20. The lowest BCUT2D eigenvalue weighted by atomic mass is 9.72. The molecule has 6 aromatic rings. The molecule has 1 unspecified atom stereocenters. The van der Waals surface area contributed by atoms with Crippen molar-refractivity contribution in [2.45, 2.75) is 102 Å². The molecule has 4 aliphatic heterocycles. The lowest BCUT2D eigenvalue weighted by Gasteiger charge is -2.42. The van der Waals surface area contributed by atoms with E-state index in [0.29, 0.717) is 62.1 Å². The van der Waals surface area contributed by atoms with Gasteiger partial charge in [-0.2, -0.15) is 0 Å². The molecule has 0 radical (unpaired) electrons. The molecule has 1 saturated carbocycles. The van der Waals surface area contributed by atoms with E-state index in [4.69, 9.17) is 16.3 Å². The number of nitro groups is 1. The monoisotopic (exact) mass is 1280 g/mol. The maximum atomic E-state index is 14.2. The molecule has 6 aliphatic rings. The van der Waals surface area contributed by atoms with Crippen LogP contribution in [0.1, 0.15) is 109 Å². The maximum Gasteiger partial charge on any atom is 0.293 e. The molecule has 87 heavy (non-hydrogen) atoms. The van der Waals surface area contributed by atoms with Crippen molar-refractivity contribution < 1.29 is 37.3 Å². The topological polar surface area (TPSA) is 236 Å². The smallest absolute Gasteiger partial charge is 0.293 e. The summed E-state index contributed by atoms with van der Waals surface area (Å²) in [4.78, 5) is 82.3. The Bertz CT molecular complexity index is 3820. The summed E-state index contributed by atoms with van der Waals surface area (Å²) in [5, 5.41) is 19.7. The van der Waals surface area contributed by atoms with Crippen LogP contribution in [0.4, 0.5) is 17.1 Å². The van der Waals surface area contributed by atoms with E-state index in [2.05, 4.69) is 92.9 Å². The van der Waals surface area contributed by atoms with Crippen LogP contribution in [0.5, 0.6) is 11.5 Å². The second-order valence-corrected chi connectivity index (χ2v) is 27.8. The van der Waals surface area contributed by atoms with E-state index in [1.54, 1.807) is 35.4 Å². The van der Waals surface area contributed by atoms with Crippen molar-refractivity contribution >= 4 is 94.9 Å². The van der Waals surface area contributed by atoms with Gasteiger partial charge in [-0.05, 0) is 146 Å². The number of benzene rings is 4. The maximum absolute atomic E-state index is 14.2. The van der Waals surface area contributed by atoms with Crippen molar-refractivity contribution in [3.05, 3.63) is 150 Å². The van der Waals surface area contributed by atoms with Gasteiger partial charge in [-0.1, -0.05) is 59.1 Å². The zero-order valence-electron chi connectivity index (χ0n) is 48.8. The molecule has 4 N–H and O–H groups in total. The van der Waals surface area contributed by atoms with Gasteiger partial charge in [0.1, 0.15) is 28.9 Å². The number of nitro benzene ring substituents is 1. The van der Waals surface area contributed by atoms with Gasteiger partial charge in [0.05, 0.1) is 21.6 Å². The number of halogens is 2. The van der Waals surface area contributed by atoms with Gasteiger partial charge in [-0.3, -0.25) is 49.3 Å². The average molecular weight is 1290 g/mol. The first kappa shape index (κ1) is 60.1. The predicted molar refractivity (Wildman–Crippen MR) is 336 cm³/mol. The molecular weight excluding hydrogens is 1210 g/mol. The fourth-order valence-electron chi connectivity index (χ4n) is 13.5. The molecule has 20 nitrogen and oxygen atoms in total. The molecule has 4 fully saturated rings. The van der Waals surface area contributed by atoms with Crippen molar-refractivity contribution in [2.24, 2.45) is 11.3 Å². The van der Waals surface area contributed by atoms with Gasteiger partial charge in [-0.15, -0.1) is 0 Å². The lowest BCUT2D eigenvalue weighted by molar-refractivity contribution is -0.384. The van der Waals surface area contributed by atoms with Gasteiger partial charge in [-0.25, -0.2) is 18.1 Å². The Labute approximate surface area is 519 Å². The number of anilines is 2. The summed E-state index contributed by atoms with van der Waals surface area (Å²) < 4.78 is 37.5. The van der Waals surface area contributed by atoms with E-state index >= 15 is 0 Å². The minimum absolute atomic E-state index is 0.0513. The SMILES string of the molecule is CC1(C)CCC(CN2CCN(c3ccc(C(=O)NS(=O)(=O)c4ccc(NCC5CCC(N6CCN(Cc7cc(Br)c8c(c7)C(=O)N(C7CCC(=O)NC7=O)C8)CC6)CC5)c([N+](=O)[O-])c4)c(Oc4cnc5[nH]ccc5c4)c3)CC2)=C(c2ccc(Cl)cc2)C1. The molecule has 1 atom stereocenters. The fraction of sp³-hybridized carbons (Fsp3) is 0.422. The Morgan fingerprint density at radius 2 is 1.62 bits per heavy atom. The van der Waals surface area contributed by atoms with Gasteiger partial charge in [0.15, 0.2) is 0 Å². The van der Waals surface area contributed by atoms with Crippen LogP contribution in [-0.4, -0.2) is 144 Å². The Kier molecular flexibility index (Phi) is 17.3. The molecule has 4 amide bonds. The molecule has 12 rings (SSSR count). The minimum Gasteiger partial charge on any atom is -0.455 e. The number of piperazine rings is 2. The highest BCUT2D eigenvalue weighted by atomic mass is 79.9. The number of sulfonamides is 1. The van der Waals surface area contributed by atoms with E-state index in [1.165, 1.54) is 35.0 Å². The lowest BCUT2D eigenvalue weighted by Crippen LogP contribution is -2.52. The number of ether oxygens (including phenoxy) is 1. The summed E-state index contributed by atoms with van der Waals surface area (Å²) >= 11 is 9.97. The molecule has 0 bridgehead atoms. The first-order chi connectivity index (χ1) is 41.8. The molecule has 3 saturated heterocycles. The van der Waals surface area contributed by atoms with Crippen molar-refractivity contribution in [3.63, 3.8) is 0 Å². The van der Waals surface area contributed by atoms with Crippen LogP contribution in [-0.2, 0) is 32.7 Å². The van der Waals surface area contributed by atoms with Crippen LogP contribution >= 0.6 is 27.5 Å². The zero-order valence-corrected chi connectivity index (χ0v) is 51.9. The number of allylic oxidation sites excluding steroid dienone is 1. The van der Waals surface area contributed by atoms with Gasteiger partial charge in [0, 0.05) is 135 Å². The number of carbonyl (C=O) groups excluding carboxylic acids is 4. The number of aromatic amines is 1. The van der Waals surface area contributed by atoms with Crippen molar-refractivity contribution in [3.8, 4) is 11.5 Å². The summed E-state index contributed by atoms with van der Waals surface area (Å²) in [7, 11) is -4.63. The van der Waals surface area contributed by atoms with E-state index in [1.807, 2.05) is 24.3 Å². The van der Waals surface area contributed by atoms with Crippen LogP contribution in [0.15, 0.2) is 112 Å². The number of fused-ring (bicyclic) bond motifs is 2. The number of nitrogens with one attached hydrogen (secondary N) is 4. The highest BCUT2D eigenvalue weighted by molar-refractivity contribution is 9.10. The van der Waals surface area contributed by atoms with E-state index in [-0.39, 0.29) is 46.6 Å². The highest BCUT2D eigenvalue weighted by Crippen LogP contribution is 2.44. The van der Waals surface area contributed by atoms with Crippen LogP contribution in [0.3, 0.4) is 0 Å². The minimum atomic E-state index is -4.63. The van der Waals surface area contributed by atoms with Crippen LogP contribution in [0.25, 0.3) is 16.6 Å². The predicted octanol–water partition coefficient (Wildman–Crippen LogP) is 10.1. The molecule has 2 aliphatic carbocycles. The number of pyridine rings is 1. The van der Waals surface area contributed by atoms with E-state index < -0.39 is 43.4 Å². The third kappa shape index (κ3) is 13.5. The number of imide groups is 1. The van der Waals surface area contributed by atoms with Crippen LogP contribution in [0, 0.1) is 21.4 Å². The Hall–Kier alpha value is -7.21.